The van der Waals surface area contributed by atoms with E-state index in [0.717, 1.165) is 19.3 Å². The van der Waals surface area contributed by atoms with Crippen LogP contribution < -0.4 is 0 Å². The summed E-state index contributed by atoms with van der Waals surface area (Å²) in [6.07, 6.45) is 2.46. The highest BCUT2D eigenvalue weighted by atomic mass is 79.9. The lowest BCUT2D eigenvalue weighted by Crippen LogP contribution is -2.32. The number of hydrogen-bond acceptors (Lipinski definition) is 2. The van der Waals surface area contributed by atoms with Gasteiger partial charge in [-0.15, -0.1) is 0 Å². The van der Waals surface area contributed by atoms with Gasteiger partial charge in [-0.1, -0.05) is 0 Å². The highest BCUT2D eigenvalue weighted by Gasteiger charge is 2.39. The molecule has 4 heteroatoms. The van der Waals surface area contributed by atoms with Gasteiger partial charge in [0.05, 0.1) is 16.0 Å². The van der Waals surface area contributed by atoms with Crippen LogP contribution in [0.3, 0.4) is 0 Å². The first kappa shape index (κ1) is 10.4. The fourth-order valence-electron chi connectivity index (χ4n) is 1.85. The highest BCUT2D eigenvalue weighted by Crippen LogP contribution is 2.45. The van der Waals surface area contributed by atoms with Crippen LogP contribution in [0, 0.1) is 17.1 Å². The molecule has 1 aliphatic carbocycles. The number of rotatable bonds is 1. The minimum absolute atomic E-state index is 0.0543. The lowest BCUT2D eigenvalue weighted by molar-refractivity contribution is 0.321. The topological polar surface area (TPSA) is 44.0 Å². The number of hydrogen-bond donors (Lipinski definition) is 1. The van der Waals surface area contributed by atoms with Gasteiger partial charge in [-0.3, -0.25) is 0 Å². The van der Waals surface area contributed by atoms with Crippen LogP contribution in [-0.2, 0) is 5.41 Å². The van der Waals surface area contributed by atoms with Crippen molar-refractivity contribution < 1.29 is 9.50 Å². The Bertz CT molecular complexity index is 425. The van der Waals surface area contributed by atoms with E-state index in [9.17, 15) is 9.50 Å². The number of aromatic hydroxyl groups is 1. The summed E-state index contributed by atoms with van der Waals surface area (Å²) in [5, 5.41) is 18.5. The van der Waals surface area contributed by atoms with Gasteiger partial charge in [-0.25, -0.2) is 4.39 Å². The minimum Gasteiger partial charge on any atom is -0.507 e. The summed E-state index contributed by atoms with van der Waals surface area (Å²) in [7, 11) is 0. The van der Waals surface area contributed by atoms with E-state index in [4.69, 9.17) is 5.26 Å². The normalized spacial score (nSPS) is 17.9. The Hall–Kier alpha value is -1.08. The number of nitrogens with zero attached hydrogens (tertiary/aromatic N) is 1. The Morgan fingerprint density at radius 3 is 2.53 bits per heavy atom. The number of nitriles is 1. The van der Waals surface area contributed by atoms with E-state index in [1.165, 1.54) is 12.1 Å². The van der Waals surface area contributed by atoms with E-state index in [0.29, 0.717) is 5.56 Å². The van der Waals surface area contributed by atoms with Crippen LogP contribution in [0.4, 0.5) is 4.39 Å². The Balaban J connectivity index is 2.51. The molecule has 1 aromatic carbocycles. The Morgan fingerprint density at radius 1 is 1.47 bits per heavy atom. The Kier molecular flexibility index (Phi) is 2.43. The average molecular weight is 270 g/mol. The molecule has 0 saturated heterocycles. The smallest absolute Gasteiger partial charge is 0.141 e. The molecule has 15 heavy (non-hydrogen) atoms. The third-order valence-electron chi connectivity index (χ3n) is 2.98. The molecule has 1 aromatic rings. The Morgan fingerprint density at radius 2 is 2.13 bits per heavy atom. The summed E-state index contributed by atoms with van der Waals surface area (Å²) < 4.78 is 13.4. The summed E-state index contributed by atoms with van der Waals surface area (Å²) in [5.74, 6) is -0.668. The number of benzene rings is 1. The zero-order valence-electron chi connectivity index (χ0n) is 7.93. The maximum Gasteiger partial charge on any atom is 0.141 e. The molecular formula is C11H9BrFNO. The molecule has 0 unspecified atom stereocenters. The van der Waals surface area contributed by atoms with Gasteiger partial charge in [-0.2, -0.15) is 5.26 Å². The van der Waals surface area contributed by atoms with Crippen LogP contribution in [0.2, 0.25) is 0 Å². The number of phenolic OH excluding ortho intramolecular Hbond substituents is 1. The van der Waals surface area contributed by atoms with Crippen molar-refractivity contribution in [2.45, 2.75) is 24.7 Å². The van der Waals surface area contributed by atoms with Crippen molar-refractivity contribution in [2.24, 2.45) is 0 Å². The molecule has 0 radical (unpaired) electrons. The molecule has 0 heterocycles. The first-order valence-electron chi connectivity index (χ1n) is 4.69. The van der Waals surface area contributed by atoms with Crippen molar-refractivity contribution in [3.63, 3.8) is 0 Å². The van der Waals surface area contributed by atoms with Gasteiger partial charge < -0.3 is 5.11 Å². The molecule has 78 valence electrons. The standard InChI is InChI=1S/C11H9BrFNO/c12-10-8(13)4-7(5-9(10)15)11(6-14)2-1-3-11/h4-5,15H,1-3H2. The monoisotopic (exact) mass is 269 g/mol. The largest absolute Gasteiger partial charge is 0.507 e. The average Bonchev–Trinajstić information content (AvgIpc) is 2.13. The van der Waals surface area contributed by atoms with Crippen LogP contribution in [0.5, 0.6) is 5.75 Å². The molecular weight excluding hydrogens is 261 g/mol. The van der Waals surface area contributed by atoms with Gasteiger partial charge in [0.1, 0.15) is 11.6 Å². The maximum atomic E-state index is 13.4. The number of phenols is 1. The lowest BCUT2D eigenvalue weighted by Gasteiger charge is -2.35. The Labute approximate surface area is 95.5 Å². The summed E-state index contributed by atoms with van der Waals surface area (Å²) in [5.41, 5.74) is -0.00611. The third kappa shape index (κ3) is 1.51. The summed E-state index contributed by atoms with van der Waals surface area (Å²) >= 11 is 2.93. The summed E-state index contributed by atoms with van der Waals surface area (Å²) in [6.45, 7) is 0. The van der Waals surface area contributed by atoms with Gasteiger partial charge in [0, 0.05) is 0 Å². The molecule has 1 N–H and O–H groups in total. The van der Waals surface area contributed by atoms with Crippen LogP contribution in [0.1, 0.15) is 24.8 Å². The molecule has 2 nitrogen and oxygen atoms in total. The highest BCUT2D eigenvalue weighted by molar-refractivity contribution is 9.10. The quantitative estimate of drug-likeness (QED) is 0.851. The third-order valence-corrected chi connectivity index (χ3v) is 3.77. The van der Waals surface area contributed by atoms with Crippen molar-refractivity contribution in [2.75, 3.05) is 0 Å². The van der Waals surface area contributed by atoms with Crippen molar-refractivity contribution in [3.8, 4) is 11.8 Å². The number of halogens is 2. The molecule has 0 amide bonds. The zero-order chi connectivity index (χ0) is 11.1. The maximum absolute atomic E-state index is 13.4. The minimum atomic E-state index is -0.584. The molecule has 0 bridgehead atoms. The zero-order valence-corrected chi connectivity index (χ0v) is 9.51. The predicted molar refractivity (Wildman–Crippen MR) is 56.9 cm³/mol. The molecule has 0 atom stereocenters. The fraction of sp³-hybridized carbons (Fsp3) is 0.364. The van der Waals surface area contributed by atoms with E-state index in [1.54, 1.807) is 0 Å². The van der Waals surface area contributed by atoms with Gasteiger partial charge in [0.15, 0.2) is 0 Å². The van der Waals surface area contributed by atoms with Crippen molar-refractivity contribution in [1.82, 2.24) is 0 Å². The second-order valence-corrected chi connectivity index (χ2v) is 4.63. The predicted octanol–water partition coefficient (Wildman–Crippen LogP) is 3.24. The summed E-state index contributed by atoms with van der Waals surface area (Å²) in [4.78, 5) is 0. The lowest BCUT2D eigenvalue weighted by atomic mass is 9.65. The van der Waals surface area contributed by atoms with Gasteiger partial charge in [-0.05, 0) is 52.9 Å². The van der Waals surface area contributed by atoms with Crippen LogP contribution in [-0.4, -0.2) is 5.11 Å². The van der Waals surface area contributed by atoms with E-state index >= 15 is 0 Å². The summed E-state index contributed by atoms with van der Waals surface area (Å²) in [6, 6.07) is 5.01. The second-order valence-electron chi connectivity index (χ2n) is 3.84. The van der Waals surface area contributed by atoms with Gasteiger partial charge >= 0.3 is 0 Å². The molecule has 0 spiro atoms. The molecule has 0 aliphatic heterocycles. The second kappa shape index (κ2) is 3.49. The van der Waals surface area contributed by atoms with E-state index in [-0.39, 0.29) is 10.2 Å². The van der Waals surface area contributed by atoms with E-state index < -0.39 is 11.2 Å². The molecule has 0 aromatic heterocycles. The van der Waals surface area contributed by atoms with E-state index in [2.05, 4.69) is 22.0 Å². The first-order chi connectivity index (χ1) is 7.09. The van der Waals surface area contributed by atoms with Crippen molar-refractivity contribution in [1.29, 1.82) is 5.26 Å². The molecule has 1 aliphatic rings. The van der Waals surface area contributed by atoms with Crippen LogP contribution in [0.25, 0.3) is 0 Å². The molecule has 1 saturated carbocycles. The van der Waals surface area contributed by atoms with Crippen LogP contribution >= 0.6 is 15.9 Å². The fourth-order valence-corrected chi connectivity index (χ4v) is 2.08. The molecule has 1 fully saturated rings. The first-order valence-corrected chi connectivity index (χ1v) is 5.48. The van der Waals surface area contributed by atoms with Gasteiger partial charge in [0.2, 0.25) is 0 Å². The van der Waals surface area contributed by atoms with Crippen molar-refractivity contribution >= 4 is 15.9 Å². The van der Waals surface area contributed by atoms with E-state index in [1.807, 2.05) is 0 Å². The molecule has 2 rings (SSSR count). The van der Waals surface area contributed by atoms with Crippen LogP contribution in [0.15, 0.2) is 16.6 Å². The van der Waals surface area contributed by atoms with Gasteiger partial charge in [0.25, 0.3) is 0 Å². The van der Waals surface area contributed by atoms with Crippen molar-refractivity contribution in [3.05, 3.63) is 28.0 Å². The SMILES string of the molecule is N#CC1(c2cc(O)c(Br)c(F)c2)CCC1.